The number of aryl methyl sites for hydroxylation is 1. The second-order valence-corrected chi connectivity index (χ2v) is 7.70. The Morgan fingerprint density at radius 2 is 2.17 bits per heavy atom. The lowest BCUT2D eigenvalue weighted by atomic mass is 10.2. The number of benzene rings is 1. The summed E-state index contributed by atoms with van der Waals surface area (Å²) in [5, 5.41) is 6.64. The van der Waals surface area contributed by atoms with Crippen LogP contribution in [0.5, 0.6) is 0 Å². The number of nitrogens with zero attached hydrogens (tertiary/aromatic N) is 1. The van der Waals surface area contributed by atoms with Crippen LogP contribution in [0.15, 0.2) is 41.8 Å². The minimum atomic E-state index is -0.0978. The number of carbonyl (C=O) groups is 1. The molecule has 0 saturated heterocycles. The summed E-state index contributed by atoms with van der Waals surface area (Å²) in [5.74, 6) is -0.0978. The fourth-order valence-electron chi connectivity index (χ4n) is 2.16. The molecule has 23 heavy (non-hydrogen) atoms. The zero-order valence-electron chi connectivity index (χ0n) is 12.5. The Morgan fingerprint density at radius 1 is 1.30 bits per heavy atom. The number of nitrogens with one attached hydrogen (secondary N) is 1. The zero-order chi connectivity index (χ0) is 16.2. The van der Waals surface area contributed by atoms with Gasteiger partial charge >= 0.3 is 0 Å². The maximum atomic E-state index is 12.0. The largest absolute Gasteiger partial charge is 0.352 e. The van der Waals surface area contributed by atoms with Gasteiger partial charge in [0.1, 0.15) is 0 Å². The molecule has 0 aliphatic carbocycles. The number of aromatic nitrogens is 1. The summed E-state index contributed by atoms with van der Waals surface area (Å²) in [6, 6.07) is 11.2. The second-order valence-electron chi connectivity index (χ2n) is 5.03. The third kappa shape index (κ3) is 4.19. The maximum absolute atomic E-state index is 12.0. The van der Waals surface area contributed by atoms with Crippen LogP contribution in [-0.4, -0.2) is 17.4 Å². The van der Waals surface area contributed by atoms with Gasteiger partial charge in [0.15, 0.2) is 0 Å². The highest BCUT2D eigenvalue weighted by Crippen LogP contribution is 2.29. The van der Waals surface area contributed by atoms with Crippen LogP contribution in [0.3, 0.4) is 0 Å². The Bertz CT molecular complexity index is 825. The fourth-order valence-corrected chi connectivity index (χ4v) is 4.00. The highest BCUT2D eigenvalue weighted by molar-refractivity contribution is 7.16. The first-order valence-corrected chi connectivity index (χ1v) is 9.24. The Morgan fingerprint density at radius 3 is 2.91 bits per heavy atom. The van der Waals surface area contributed by atoms with Gasteiger partial charge in [0, 0.05) is 27.4 Å². The molecule has 0 atom stereocenters. The molecular formula is C17H15ClN2OS2. The second kappa shape index (κ2) is 7.25. The molecule has 3 aromatic rings. The summed E-state index contributed by atoms with van der Waals surface area (Å²) in [7, 11) is 0. The Hall–Kier alpha value is -1.69. The minimum absolute atomic E-state index is 0.0978. The lowest BCUT2D eigenvalue weighted by Gasteiger charge is -2.04. The third-order valence-corrected chi connectivity index (χ3v) is 5.45. The highest BCUT2D eigenvalue weighted by Gasteiger charge is 2.08. The van der Waals surface area contributed by atoms with Crippen molar-refractivity contribution in [1.29, 1.82) is 0 Å². The number of halogens is 1. The molecule has 0 radical (unpaired) electrons. The molecule has 0 unspecified atom stereocenters. The number of thiophene rings is 1. The van der Waals surface area contributed by atoms with Crippen LogP contribution >= 0.6 is 34.3 Å². The Balaban J connectivity index is 1.55. The van der Waals surface area contributed by atoms with Gasteiger partial charge in [0.2, 0.25) is 0 Å². The van der Waals surface area contributed by atoms with Gasteiger partial charge in [0.05, 0.1) is 15.6 Å². The first kappa shape index (κ1) is 16.2. The van der Waals surface area contributed by atoms with E-state index in [9.17, 15) is 4.79 Å². The van der Waals surface area contributed by atoms with E-state index in [2.05, 4.69) is 27.8 Å². The average Bonchev–Trinajstić information content (AvgIpc) is 3.16. The van der Waals surface area contributed by atoms with Gasteiger partial charge in [-0.1, -0.05) is 17.7 Å². The van der Waals surface area contributed by atoms with E-state index in [1.165, 1.54) is 9.75 Å². The molecule has 3 rings (SSSR count). The maximum Gasteiger partial charge on any atom is 0.251 e. The van der Waals surface area contributed by atoms with Crippen LogP contribution in [0.1, 0.15) is 20.2 Å². The van der Waals surface area contributed by atoms with Crippen molar-refractivity contribution in [2.75, 3.05) is 6.54 Å². The van der Waals surface area contributed by atoms with Crippen LogP contribution < -0.4 is 5.32 Å². The molecule has 0 aliphatic rings. The minimum Gasteiger partial charge on any atom is -0.352 e. The number of amides is 1. The standard InChI is InChI=1S/C17H15ClN2OS2/c1-11-20-15(10-22-11)16-6-5-14(23-16)7-8-19-17(21)12-3-2-4-13(18)9-12/h2-6,9-10H,7-8H2,1H3,(H,19,21). The van der Waals surface area contributed by atoms with Crippen LogP contribution in [-0.2, 0) is 6.42 Å². The summed E-state index contributed by atoms with van der Waals surface area (Å²) in [5.41, 5.74) is 1.62. The van der Waals surface area contributed by atoms with Crippen molar-refractivity contribution in [1.82, 2.24) is 10.3 Å². The number of hydrogen-bond acceptors (Lipinski definition) is 4. The molecule has 1 amide bonds. The lowest BCUT2D eigenvalue weighted by molar-refractivity contribution is 0.0954. The quantitative estimate of drug-likeness (QED) is 0.707. The predicted octanol–water partition coefficient (Wildman–Crippen LogP) is 4.81. The van der Waals surface area contributed by atoms with Crippen LogP contribution in [0.4, 0.5) is 0 Å². The van der Waals surface area contributed by atoms with Gasteiger partial charge in [-0.05, 0) is 43.7 Å². The van der Waals surface area contributed by atoms with E-state index < -0.39 is 0 Å². The van der Waals surface area contributed by atoms with Gasteiger partial charge in [-0.15, -0.1) is 22.7 Å². The van der Waals surface area contributed by atoms with E-state index in [0.29, 0.717) is 17.1 Å². The Labute approximate surface area is 148 Å². The molecule has 0 saturated carbocycles. The summed E-state index contributed by atoms with van der Waals surface area (Å²) < 4.78 is 0. The predicted molar refractivity (Wildman–Crippen MR) is 97.7 cm³/mol. The van der Waals surface area contributed by atoms with E-state index in [1.54, 1.807) is 46.9 Å². The summed E-state index contributed by atoms with van der Waals surface area (Å²) in [4.78, 5) is 18.9. The van der Waals surface area contributed by atoms with E-state index >= 15 is 0 Å². The summed E-state index contributed by atoms with van der Waals surface area (Å²) in [6.07, 6.45) is 0.806. The molecule has 1 N–H and O–H groups in total. The zero-order valence-corrected chi connectivity index (χ0v) is 14.9. The number of rotatable bonds is 5. The molecule has 1 aromatic carbocycles. The average molecular weight is 363 g/mol. The van der Waals surface area contributed by atoms with Crippen molar-refractivity contribution in [3.63, 3.8) is 0 Å². The molecule has 0 aliphatic heterocycles. The van der Waals surface area contributed by atoms with Crippen molar-refractivity contribution in [2.45, 2.75) is 13.3 Å². The van der Waals surface area contributed by atoms with Crippen molar-refractivity contribution >= 4 is 40.2 Å². The number of thiazole rings is 1. The van der Waals surface area contributed by atoms with Crippen molar-refractivity contribution in [3.8, 4) is 10.6 Å². The first-order valence-electron chi connectivity index (χ1n) is 7.17. The Kier molecular flexibility index (Phi) is 5.10. The van der Waals surface area contributed by atoms with E-state index in [1.807, 2.05) is 6.92 Å². The van der Waals surface area contributed by atoms with Gasteiger partial charge in [-0.25, -0.2) is 4.98 Å². The van der Waals surface area contributed by atoms with Crippen molar-refractivity contribution < 1.29 is 4.79 Å². The van der Waals surface area contributed by atoms with Gasteiger partial charge in [-0.2, -0.15) is 0 Å². The van der Waals surface area contributed by atoms with Crippen molar-refractivity contribution in [3.05, 3.63) is 62.2 Å². The summed E-state index contributed by atoms with van der Waals surface area (Å²) >= 11 is 9.28. The number of carbonyl (C=O) groups excluding carboxylic acids is 1. The lowest BCUT2D eigenvalue weighted by Crippen LogP contribution is -2.25. The number of hydrogen-bond donors (Lipinski definition) is 1. The van der Waals surface area contributed by atoms with Crippen molar-refractivity contribution in [2.24, 2.45) is 0 Å². The molecule has 2 aromatic heterocycles. The van der Waals surface area contributed by atoms with Gasteiger partial charge in [0.25, 0.3) is 5.91 Å². The van der Waals surface area contributed by atoms with Crippen LogP contribution in [0.25, 0.3) is 10.6 Å². The van der Waals surface area contributed by atoms with Crippen LogP contribution in [0.2, 0.25) is 5.02 Å². The molecule has 6 heteroatoms. The molecule has 2 heterocycles. The van der Waals surface area contributed by atoms with E-state index in [0.717, 1.165) is 17.1 Å². The SMILES string of the molecule is Cc1nc(-c2ccc(CCNC(=O)c3cccc(Cl)c3)s2)cs1. The monoisotopic (exact) mass is 362 g/mol. The highest BCUT2D eigenvalue weighted by atomic mass is 35.5. The van der Waals surface area contributed by atoms with Crippen LogP contribution in [0, 0.1) is 6.92 Å². The molecule has 118 valence electrons. The van der Waals surface area contributed by atoms with Gasteiger partial charge < -0.3 is 5.32 Å². The van der Waals surface area contributed by atoms with Gasteiger partial charge in [-0.3, -0.25) is 4.79 Å². The third-order valence-electron chi connectivity index (χ3n) is 3.28. The van der Waals surface area contributed by atoms with E-state index in [4.69, 9.17) is 11.6 Å². The molecule has 3 nitrogen and oxygen atoms in total. The fraction of sp³-hybridized carbons (Fsp3) is 0.176. The topological polar surface area (TPSA) is 42.0 Å². The summed E-state index contributed by atoms with van der Waals surface area (Å²) in [6.45, 7) is 2.61. The normalized spacial score (nSPS) is 10.7. The molecule has 0 spiro atoms. The van der Waals surface area contributed by atoms with E-state index in [-0.39, 0.29) is 5.91 Å². The molecule has 0 bridgehead atoms. The smallest absolute Gasteiger partial charge is 0.251 e. The molecule has 0 fully saturated rings. The molecular weight excluding hydrogens is 348 g/mol. The first-order chi connectivity index (χ1) is 11.1.